The summed E-state index contributed by atoms with van der Waals surface area (Å²) in [5.41, 5.74) is 0. The van der Waals surface area contributed by atoms with E-state index in [1.54, 1.807) is 6.26 Å². The minimum atomic E-state index is -1.11. The predicted molar refractivity (Wildman–Crippen MR) is 122 cm³/mol. The second kappa shape index (κ2) is 19.1. The van der Waals surface area contributed by atoms with E-state index in [1.165, 1.54) is 89.9 Å². The topological polar surface area (TPSA) is 79.2 Å². The van der Waals surface area contributed by atoms with Crippen LogP contribution in [0.1, 0.15) is 110 Å². The second-order valence-corrected chi connectivity index (χ2v) is 8.82. The van der Waals surface area contributed by atoms with Crippen LogP contribution in [0.5, 0.6) is 0 Å². The number of unbranched alkanes of at least 4 members (excludes halogenated alkanes) is 15. The highest BCUT2D eigenvalue weighted by Gasteiger charge is 2.38. The molecule has 5 heteroatoms. The number of rotatable bonds is 19. The lowest BCUT2D eigenvalue weighted by atomic mass is 10.0. The molecule has 0 radical (unpaired) electrons. The summed E-state index contributed by atoms with van der Waals surface area (Å²) >= 11 is 0. The fourth-order valence-corrected chi connectivity index (χ4v) is 3.99. The first kappa shape index (κ1) is 27.4. The van der Waals surface area contributed by atoms with Crippen LogP contribution >= 0.6 is 0 Å². The van der Waals surface area contributed by atoms with Crippen LogP contribution in [0.25, 0.3) is 0 Å². The monoisotopic (exact) mass is 428 g/mol. The number of aliphatic hydroxyl groups excluding tert-OH is 3. The van der Waals surface area contributed by atoms with Gasteiger partial charge in [-0.3, -0.25) is 0 Å². The molecular formula is C25H48O5. The minimum absolute atomic E-state index is 0.173. The maximum Gasteiger partial charge on any atom is 0.149 e. The van der Waals surface area contributed by atoms with Crippen molar-refractivity contribution in [2.75, 3.05) is 13.2 Å². The van der Waals surface area contributed by atoms with Gasteiger partial charge < -0.3 is 24.8 Å². The summed E-state index contributed by atoms with van der Waals surface area (Å²) < 4.78 is 10.8. The summed E-state index contributed by atoms with van der Waals surface area (Å²) in [6.45, 7) is 2.14. The van der Waals surface area contributed by atoms with Gasteiger partial charge in [-0.05, 0) is 18.9 Å². The average molecular weight is 429 g/mol. The Hall–Kier alpha value is -0.620. The zero-order valence-corrected chi connectivity index (χ0v) is 19.4. The van der Waals surface area contributed by atoms with Crippen LogP contribution < -0.4 is 0 Å². The molecule has 4 atom stereocenters. The summed E-state index contributed by atoms with van der Waals surface area (Å²) in [5.74, 6) is 0. The molecule has 1 heterocycles. The number of hydrogen-bond acceptors (Lipinski definition) is 5. The van der Waals surface area contributed by atoms with E-state index in [-0.39, 0.29) is 13.2 Å². The van der Waals surface area contributed by atoms with E-state index >= 15 is 0 Å². The van der Waals surface area contributed by atoms with Crippen molar-refractivity contribution >= 4 is 0 Å². The fourth-order valence-electron chi connectivity index (χ4n) is 3.99. The molecule has 1 aliphatic heterocycles. The molecule has 0 aliphatic carbocycles. The van der Waals surface area contributed by atoms with E-state index in [1.807, 2.05) is 6.08 Å². The van der Waals surface area contributed by atoms with E-state index in [2.05, 4.69) is 6.92 Å². The van der Waals surface area contributed by atoms with Crippen LogP contribution in [-0.2, 0) is 9.47 Å². The van der Waals surface area contributed by atoms with Crippen molar-refractivity contribution in [3.63, 3.8) is 0 Å². The Bertz CT molecular complexity index is 401. The van der Waals surface area contributed by atoms with Crippen LogP contribution in [0.15, 0.2) is 12.3 Å². The van der Waals surface area contributed by atoms with E-state index in [9.17, 15) is 10.2 Å². The Morgan fingerprint density at radius 2 is 1.27 bits per heavy atom. The Morgan fingerprint density at radius 1 is 0.767 bits per heavy atom. The van der Waals surface area contributed by atoms with E-state index in [0.29, 0.717) is 0 Å². The molecule has 1 rings (SSSR count). The van der Waals surface area contributed by atoms with Gasteiger partial charge in [0.25, 0.3) is 0 Å². The van der Waals surface area contributed by atoms with Crippen LogP contribution in [0, 0.1) is 0 Å². The molecule has 0 amide bonds. The number of ether oxygens (including phenoxy) is 2. The van der Waals surface area contributed by atoms with Gasteiger partial charge in [-0.1, -0.05) is 96.8 Å². The highest BCUT2D eigenvalue weighted by atomic mass is 16.6. The molecule has 0 unspecified atom stereocenters. The van der Waals surface area contributed by atoms with Crippen molar-refractivity contribution < 1.29 is 24.8 Å². The molecule has 178 valence electrons. The molecule has 3 N–H and O–H groups in total. The largest absolute Gasteiger partial charge is 0.493 e. The Balaban J connectivity index is 1.83. The third-order valence-electron chi connectivity index (χ3n) is 6.09. The molecule has 5 nitrogen and oxygen atoms in total. The van der Waals surface area contributed by atoms with Gasteiger partial charge in [-0.15, -0.1) is 0 Å². The summed E-state index contributed by atoms with van der Waals surface area (Å²) in [6.07, 6.45) is 21.6. The van der Waals surface area contributed by atoms with E-state index in [0.717, 1.165) is 12.8 Å². The molecule has 1 aliphatic rings. The Morgan fingerprint density at radius 3 is 1.77 bits per heavy atom. The lowest BCUT2D eigenvalue weighted by molar-refractivity contribution is -0.196. The smallest absolute Gasteiger partial charge is 0.149 e. The first-order chi connectivity index (χ1) is 14.7. The molecule has 0 saturated carbocycles. The van der Waals surface area contributed by atoms with E-state index in [4.69, 9.17) is 14.6 Å². The number of hydrogen-bond donors (Lipinski definition) is 3. The molecule has 1 saturated heterocycles. The van der Waals surface area contributed by atoms with Gasteiger partial charge >= 0.3 is 0 Å². The lowest BCUT2D eigenvalue weighted by Crippen LogP contribution is -2.54. The summed E-state index contributed by atoms with van der Waals surface area (Å²) in [7, 11) is 0. The standard InChI is InChI=1S/C25H48O5/c1-2-3-4-5-6-7-8-9-10-11-12-13-14-15-16-17-18-19-29-23-21-30-22(20-26)24(27)25(23)28/h18-19,22-28H,2-17,20-21H2,1H3/b19-18+/t22-,23+,24-,25-/m0/s1. The Labute approximate surface area is 184 Å². The van der Waals surface area contributed by atoms with Crippen LogP contribution in [0.2, 0.25) is 0 Å². The fraction of sp³-hybridized carbons (Fsp3) is 0.920. The summed E-state index contributed by atoms with van der Waals surface area (Å²) in [6, 6.07) is 0. The van der Waals surface area contributed by atoms with Gasteiger partial charge in [0, 0.05) is 0 Å². The van der Waals surface area contributed by atoms with Crippen molar-refractivity contribution in [3.8, 4) is 0 Å². The van der Waals surface area contributed by atoms with Gasteiger partial charge in [0.15, 0.2) is 0 Å². The molecule has 0 aromatic carbocycles. The minimum Gasteiger partial charge on any atom is -0.493 e. The molecule has 0 aromatic rings. The zero-order chi connectivity index (χ0) is 21.9. The summed E-state index contributed by atoms with van der Waals surface area (Å²) in [4.78, 5) is 0. The van der Waals surface area contributed by atoms with Crippen molar-refractivity contribution in [1.82, 2.24) is 0 Å². The SMILES string of the molecule is CCCCCCCCCCCCCCCCC/C=C/O[C@@H]1CO[C@@H](CO)[C@H](O)[C@H]1O. The second-order valence-electron chi connectivity index (χ2n) is 8.82. The highest BCUT2D eigenvalue weighted by Crippen LogP contribution is 2.18. The molecule has 0 aromatic heterocycles. The predicted octanol–water partition coefficient (Wildman–Crippen LogP) is 5.26. The maximum absolute atomic E-state index is 9.98. The van der Waals surface area contributed by atoms with Crippen molar-refractivity contribution in [1.29, 1.82) is 0 Å². The van der Waals surface area contributed by atoms with Gasteiger partial charge in [0.05, 0.1) is 19.5 Å². The van der Waals surface area contributed by atoms with Gasteiger partial charge in [-0.2, -0.15) is 0 Å². The molecule has 0 spiro atoms. The lowest BCUT2D eigenvalue weighted by Gasteiger charge is -2.36. The quantitative estimate of drug-likeness (QED) is 0.193. The molecule has 1 fully saturated rings. The van der Waals surface area contributed by atoms with E-state index < -0.39 is 24.4 Å². The van der Waals surface area contributed by atoms with Crippen LogP contribution in [0.4, 0.5) is 0 Å². The Kier molecular flexibility index (Phi) is 17.4. The van der Waals surface area contributed by atoms with Crippen molar-refractivity contribution in [3.05, 3.63) is 12.3 Å². The van der Waals surface area contributed by atoms with Gasteiger partial charge in [0.1, 0.15) is 24.4 Å². The van der Waals surface area contributed by atoms with Crippen LogP contribution in [0.3, 0.4) is 0 Å². The summed E-state index contributed by atoms with van der Waals surface area (Å²) in [5, 5.41) is 28.9. The molecule has 0 bridgehead atoms. The normalized spacial score (nSPS) is 24.5. The maximum atomic E-state index is 9.98. The van der Waals surface area contributed by atoms with Crippen molar-refractivity contribution in [2.45, 2.75) is 134 Å². The third-order valence-corrected chi connectivity index (χ3v) is 6.09. The number of allylic oxidation sites excluding steroid dienone is 1. The first-order valence-electron chi connectivity index (χ1n) is 12.6. The van der Waals surface area contributed by atoms with Gasteiger partial charge in [0.2, 0.25) is 0 Å². The van der Waals surface area contributed by atoms with Crippen molar-refractivity contribution in [2.24, 2.45) is 0 Å². The zero-order valence-electron chi connectivity index (χ0n) is 19.4. The third kappa shape index (κ3) is 12.9. The average Bonchev–Trinajstić information content (AvgIpc) is 2.75. The van der Waals surface area contributed by atoms with Gasteiger partial charge in [-0.25, -0.2) is 0 Å². The highest BCUT2D eigenvalue weighted by molar-refractivity contribution is 4.89. The molecule has 30 heavy (non-hydrogen) atoms. The first-order valence-corrected chi connectivity index (χ1v) is 12.6. The van der Waals surface area contributed by atoms with Crippen LogP contribution in [-0.4, -0.2) is 52.9 Å². The number of aliphatic hydroxyl groups is 3. The molecular weight excluding hydrogens is 380 g/mol.